The molecule has 8 nitrogen and oxygen atoms in total. The zero-order valence-electron chi connectivity index (χ0n) is 12.0. The maximum absolute atomic E-state index is 11.1. The number of hydrogen-bond acceptors (Lipinski definition) is 7. The van der Waals surface area contributed by atoms with Gasteiger partial charge in [0.25, 0.3) is 0 Å². The second kappa shape index (κ2) is 7.59. The van der Waals surface area contributed by atoms with Gasteiger partial charge in [0.2, 0.25) is 11.8 Å². The molecule has 0 saturated heterocycles. The summed E-state index contributed by atoms with van der Waals surface area (Å²) in [5, 5.41) is 23.1. The smallest absolute Gasteiger partial charge is 0.329 e. The van der Waals surface area contributed by atoms with E-state index in [1.54, 1.807) is 11.9 Å². The number of anilines is 2. The maximum Gasteiger partial charge on any atom is 0.329 e. The molecule has 1 heterocycles. The van der Waals surface area contributed by atoms with E-state index in [9.17, 15) is 15.2 Å². The molecule has 0 aromatic carbocycles. The van der Waals surface area contributed by atoms with Gasteiger partial charge in [-0.15, -0.1) is 0 Å². The first-order valence-electron chi connectivity index (χ1n) is 6.65. The van der Waals surface area contributed by atoms with Gasteiger partial charge in [0.05, 0.1) is 11.5 Å². The highest BCUT2D eigenvalue weighted by Crippen LogP contribution is 2.28. The molecule has 0 spiro atoms. The van der Waals surface area contributed by atoms with Crippen LogP contribution in [-0.2, 0) is 0 Å². The summed E-state index contributed by atoms with van der Waals surface area (Å²) in [6.07, 6.45) is 2.82. The van der Waals surface area contributed by atoms with E-state index in [0.29, 0.717) is 12.5 Å². The quantitative estimate of drug-likeness (QED) is 0.549. The second-order valence-corrected chi connectivity index (χ2v) is 4.30. The van der Waals surface area contributed by atoms with Crippen LogP contribution in [0, 0.1) is 10.1 Å². The van der Waals surface area contributed by atoms with Gasteiger partial charge in [-0.3, -0.25) is 10.1 Å². The Labute approximate surface area is 118 Å². The number of aromatic nitrogens is 2. The number of nitro groups is 1. The van der Waals surface area contributed by atoms with Gasteiger partial charge in [-0.05, 0) is 12.8 Å². The lowest BCUT2D eigenvalue weighted by Gasteiger charge is -2.30. The predicted molar refractivity (Wildman–Crippen MR) is 77.0 cm³/mol. The Bertz CT molecular complexity index is 451. The third-order valence-corrected chi connectivity index (χ3v) is 3.17. The first-order valence-corrected chi connectivity index (χ1v) is 6.65. The molecule has 112 valence electrons. The fourth-order valence-electron chi connectivity index (χ4n) is 2.13. The summed E-state index contributed by atoms with van der Waals surface area (Å²) in [6.45, 7) is 4.22. The van der Waals surface area contributed by atoms with Crippen LogP contribution in [0.4, 0.5) is 17.5 Å². The standard InChI is InChI=1S/C12H21N5O3/c1-4-9(5-2)16(6-7-18)11-10(17(19)20)8-14-12(13-3)15-11/h8-9,18H,4-7H2,1-3H3,(H,13,14,15). The van der Waals surface area contributed by atoms with Crippen LogP contribution in [0.2, 0.25) is 0 Å². The normalized spacial score (nSPS) is 10.7. The molecule has 0 saturated carbocycles. The Kier molecular flexibility index (Phi) is 6.10. The van der Waals surface area contributed by atoms with Crippen molar-refractivity contribution in [2.24, 2.45) is 0 Å². The summed E-state index contributed by atoms with van der Waals surface area (Å²) in [5.74, 6) is 0.566. The molecule has 1 aromatic rings. The lowest BCUT2D eigenvalue weighted by molar-refractivity contribution is -0.384. The summed E-state index contributed by atoms with van der Waals surface area (Å²) >= 11 is 0. The second-order valence-electron chi connectivity index (χ2n) is 4.30. The summed E-state index contributed by atoms with van der Waals surface area (Å²) in [5.41, 5.74) is -0.149. The molecule has 0 bridgehead atoms. The third-order valence-electron chi connectivity index (χ3n) is 3.17. The van der Waals surface area contributed by atoms with E-state index in [1.165, 1.54) is 6.20 Å². The van der Waals surface area contributed by atoms with Crippen LogP contribution < -0.4 is 10.2 Å². The van der Waals surface area contributed by atoms with Crippen LogP contribution in [0.1, 0.15) is 26.7 Å². The lowest BCUT2D eigenvalue weighted by atomic mass is 10.1. The SMILES string of the molecule is CCC(CC)N(CCO)c1nc(NC)ncc1[N+](=O)[O-]. The van der Waals surface area contributed by atoms with E-state index in [2.05, 4.69) is 15.3 Å². The Morgan fingerprint density at radius 3 is 2.60 bits per heavy atom. The van der Waals surface area contributed by atoms with Crippen molar-refractivity contribution < 1.29 is 10.0 Å². The number of rotatable bonds is 8. The fourth-order valence-corrected chi connectivity index (χ4v) is 2.13. The average molecular weight is 283 g/mol. The molecular formula is C12H21N5O3. The molecule has 0 radical (unpaired) electrons. The molecule has 0 aliphatic heterocycles. The van der Waals surface area contributed by atoms with E-state index in [4.69, 9.17) is 0 Å². The van der Waals surface area contributed by atoms with E-state index in [1.807, 2.05) is 13.8 Å². The minimum atomic E-state index is -0.498. The highest BCUT2D eigenvalue weighted by molar-refractivity contribution is 5.59. The Morgan fingerprint density at radius 2 is 2.15 bits per heavy atom. The molecule has 8 heteroatoms. The van der Waals surface area contributed by atoms with E-state index in [0.717, 1.165) is 12.8 Å². The van der Waals surface area contributed by atoms with Crippen molar-refractivity contribution in [2.75, 3.05) is 30.4 Å². The van der Waals surface area contributed by atoms with Crippen LogP contribution in [0.15, 0.2) is 6.20 Å². The average Bonchev–Trinajstić information content (AvgIpc) is 2.46. The van der Waals surface area contributed by atoms with Crippen LogP contribution in [0.25, 0.3) is 0 Å². The molecule has 0 aliphatic rings. The predicted octanol–water partition coefficient (Wildman–Crippen LogP) is 1.41. The monoisotopic (exact) mass is 283 g/mol. The number of aliphatic hydroxyl groups is 1. The molecule has 1 aromatic heterocycles. The van der Waals surface area contributed by atoms with Crippen molar-refractivity contribution in [1.29, 1.82) is 0 Å². The van der Waals surface area contributed by atoms with Gasteiger partial charge in [-0.2, -0.15) is 4.98 Å². The van der Waals surface area contributed by atoms with Crippen LogP contribution in [0.5, 0.6) is 0 Å². The van der Waals surface area contributed by atoms with Crippen molar-refractivity contribution in [3.8, 4) is 0 Å². The zero-order valence-corrected chi connectivity index (χ0v) is 12.0. The number of nitrogens with one attached hydrogen (secondary N) is 1. The third kappa shape index (κ3) is 3.53. The van der Waals surface area contributed by atoms with Gasteiger partial charge in [-0.1, -0.05) is 13.8 Å². The summed E-state index contributed by atoms with van der Waals surface area (Å²) in [6, 6.07) is 0.0838. The van der Waals surface area contributed by atoms with E-state index >= 15 is 0 Å². The van der Waals surface area contributed by atoms with E-state index < -0.39 is 4.92 Å². The van der Waals surface area contributed by atoms with Crippen LogP contribution >= 0.6 is 0 Å². The van der Waals surface area contributed by atoms with Crippen LogP contribution in [-0.4, -0.2) is 46.2 Å². The molecule has 1 rings (SSSR count). The van der Waals surface area contributed by atoms with Gasteiger partial charge in [0.15, 0.2) is 0 Å². The molecule has 0 unspecified atom stereocenters. The number of hydrogen-bond donors (Lipinski definition) is 2. The topological polar surface area (TPSA) is 104 Å². The van der Waals surface area contributed by atoms with Crippen molar-refractivity contribution in [2.45, 2.75) is 32.7 Å². The number of aliphatic hydroxyl groups excluding tert-OH is 1. The lowest BCUT2D eigenvalue weighted by Crippen LogP contribution is -2.38. The summed E-state index contributed by atoms with van der Waals surface area (Å²) in [7, 11) is 1.65. The van der Waals surface area contributed by atoms with Crippen molar-refractivity contribution in [3.05, 3.63) is 16.3 Å². The Morgan fingerprint density at radius 1 is 1.50 bits per heavy atom. The minimum Gasteiger partial charge on any atom is -0.395 e. The molecule has 0 amide bonds. The molecule has 0 fully saturated rings. The Balaban J connectivity index is 3.31. The maximum atomic E-state index is 11.1. The molecular weight excluding hydrogens is 262 g/mol. The molecule has 0 aliphatic carbocycles. The first-order chi connectivity index (χ1) is 9.58. The molecule has 20 heavy (non-hydrogen) atoms. The van der Waals surface area contributed by atoms with E-state index in [-0.39, 0.29) is 24.2 Å². The van der Waals surface area contributed by atoms with Crippen molar-refractivity contribution in [3.63, 3.8) is 0 Å². The summed E-state index contributed by atoms with van der Waals surface area (Å²) < 4.78 is 0. The fraction of sp³-hybridized carbons (Fsp3) is 0.667. The highest BCUT2D eigenvalue weighted by Gasteiger charge is 2.26. The zero-order chi connectivity index (χ0) is 15.1. The summed E-state index contributed by atoms with van der Waals surface area (Å²) in [4.78, 5) is 20.5. The van der Waals surface area contributed by atoms with Crippen molar-refractivity contribution in [1.82, 2.24) is 9.97 Å². The largest absolute Gasteiger partial charge is 0.395 e. The Hall–Kier alpha value is -1.96. The molecule has 0 atom stereocenters. The van der Waals surface area contributed by atoms with Gasteiger partial charge >= 0.3 is 5.69 Å². The highest BCUT2D eigenvalue weighted by atomic mass is 16.6. The molecule has 2 N–H and O–H groups in total. The number of nitrogens with zero attached hydrogens (tertiary/aromatic N) is 4. The van der Waals surface area contributed by atoms with Gasteiger partial charge < -0.3 is 15.3 Å². The van der Waals surface area contributed by atoms with Gasteiger partial charge in [0.1, 0.15) is 6.20 Å². The van der Waals surface area contributed by atoms with Gasteiger partial charge in [-0.25, -0.2) is 4.98 Å². The van der Waals surface area contributed by atoms with Crippen molar-refractivity contribution >= 4 is 17.5 Å². The van der Waals surface area contributed by atoms with Gasteiger partial charge in [0, 0.05) is 19.6 Å². The first kappa shape index (κ1) is 16.1. The van der Waals surface area contributed by atoms with Crippen LogP contribution in [0.3, 0.4) is 0 Å². The minimum absolute atomic E-state index is 0.0838.